The highest BCUT2D eigenvalue weighted by Crippen LogP contribution is 2.31. The third kappa shape index (κ3) is 2.70. The van der Waals surface area contributed by atoms with E-state index in [0.717, 1.165) is 26.2 Å². The Morgan fingerprint density at radius 1 is 1.14 bits per heavy atom. The third-order valence-electron chi connectivity index (χ3n) is 3.72. The number of aromatic nitrogens is 3. The molecule has 0 saturated carbocycles. The smallest absolute Gasteiger partial charge is 0.294 e. The normalized spacial score (nSPS) is 16.1. The van der Waals surface area contributed by atoms with Crippen molar-refractivity contribution in [2.45, 2.75) is 0 Å². The van der Waals surface area contributed by atoms with Crippen LogP contribution in [0, 0.1) is 10.1 Å². The van der Waals surface area contributed by atoms with Gasteiger partial charge in [0.15, 0.2) is 0 Å². The number of nitro benzene ring substituents is 1. The minimum Gasteiger partial charge on any atom is -0.363 e. The van der Waals surface area contributed by atoms with Crippen LogP contribution < -0.4 is 4.90 Å². The highest BCUT2D eigenvalue weighted by Gasteiger charge is 2.23. The first-order valence-electron chi connectivity index (χ1n) is 6.72. The molecule has 2 aromatic rings. The zero-order valence-electron chi connectivity index (χ0n) is 11.7. The number of rotatable bonds is 3. The number of likely N-dealkylation sites (N-methyl/N-ethyl adjacent to an activating group) is 1. The quantitative estimate of drug-likeness (QED) is 0.617. The molecule has 1 fully saturated rings. The zero-order chi connectivity index (χ0) is 14.8. The van der Waals surface area contributed by atoms with Gasteiger partial charge in [0.05, 0.1) is 10.6 Å². The number of anilines is 1. The van der Waals surface area contributed by atoms with Crippen molar-refractivity contribution in [2.24, 2.45) is 0 Å². The van der Waals surface area contributed by atoms with E-state index < -0.39 is 0 Å². The minimum atomic E-state index is -0.332. The van der Waals surface area contributed by atoms with Crippen molar-refractivity contribution in [3.05, 3.63) is 41.0 Å². The van der Waals surface area contributed by atoms with Crippen LogP contribution in [0.2, 0.25) is 0 Å². The van der Waals surface area contributed by atoms with Crippen LogP contribution in [0.1, 0.15) is 0 Å². The summed E-state index contributed by atoms with van der Waals surface area (Å²) in [6.45, 7) is 3.40. The van der Waals surface area contributed by atoms with Crippen LogP contribution in [0.25, 0.3) is 5.69 Å². The van der Waals surface area contributed by atoms with Crippen LogP contribution in [0.4, 0.5) is 11.4 Å². The standard InChI is InChI=1S/C13H16N6O2/c1-16-4-6-17(7-5-16)12-3-2-11(8-13(12)19(20)21)18-9-14-15-10-18/h2-3,8-10H,4-7H2,1H3. The van der Waals surface area contributed by atoms with Crippen LogP contribution in [0.3, 0.4) is 0 Å². The van der Waals surface area contributed by atoms with E-state index in [0.29, 0.717) is 11.4 Å². The molecule has 0 unspecified atom stereocenters. The molecule has 0 N–H and O–H groups in total. The van der Waals surface area contributed by atoms with E-state index in [4.69, 9.17) is 0 Å². The lowest BCUT2D eigenvalue weighted by atomic mass is 10.2. The van der Waals surface area contributed by atoms with E-state index in [1.54, 1.807) is 16.7 Å². The maximum absolute atomic E-state index is 11.4. The highest BCUT2D eigenvalue weighted by atomic mass is 16.6. The largest absolute Gasteiger partial charge is 0.363 e. The Balaban J connectivity index is 1.95. The number of hydrogen-bond donors (Lipinski definition) is 0. The summed E-state index contributed by atoms with van der Waals surface area (Å²) in [5.74, 6) is 0. The Morgan fingerprint density at radius 3 is 2.43 bits per heavy atom. The van der Waals surface area contributed by atoms with Crippen LogP contribution >= 0.6 is 0 Å². The summed E-state index contributed by atoms with van der Waals surface area (Å²) in [6.07, 6.45) is 3.04. The number of hydrogen-bond acceptors (Lipinski definition) is 6. The Labute approximate surface area is 121 Å². The predicted molar refractivity (Wildman–Crippen MR) is 77.7 cm³/mol. The second-order valence-corrected chi connectivity index (χ2v) is 5.09. The first kappa shape index (κ1) is 13.5. The topological polar surface area (TPSA) is 80.3 Å². The van der Waals surface area contributed by atoms with Gasteiger partial charge in [-0.1, -0.05) is 0 Å². The van der Waals surface area contributed by atoms with Crippen LogP contribution in [-0.2, 0) is 0 Å². The molecule has 1 saturated heterocycles. The maximum Gasteiger partial charge on any atom is 0.294 e. The molecule has 0 aliphatic carbocycles. The Morgan fingerprint density at radius 2 is 1.81 bits per heavy atom. The number of benzene rings is 1. The fraction of sp³-hybridized carbons (Fsp3) is 0.385. The lowest BCUT2D eigenvalue weighted by molar-refractivity contribution is -0.384. The van der Waals surface area contributed by atoms with Gasteiger partial charge in [-0.3, -0.25) is 14.7 Å². The summed E-state index contributed by atoms with van der Waals surface area (Å²) in [4.78, 5) is 15.3. The number of nitro groups is 1. The van der Waals surface area contributed by atoms with E-state index in [2.05, 4.69) is 27.0 Å². The van der Waals surface area contributed by atoms with Crippen molar-refractivity contribution >= 4 is 11.4 Å². The summed E-state index contributed by atoms with van der Waals surface area (Å²) in [7, 11) is 2.06. The fourth-order valence-corrected chi connectivity index (χ4v) is 2.47. The number of piperazine rings is 1. The van der Waals surface area contributed by atoms with Crippen molar-refractivity contribution in [3.63, 3.8) is 0 Å². The van der Waals surface area contributed by atoms with E-state index in [1.807, 2.05) is 6.07 Å². The van der Waals surface area contributed by atoms with Gasteiger partial charge >= 0.3 is 0 Å². The molecular weight excluding hydrogens is 272 g/mol. The van der Waals surface area contributed by atoms with E-state index in [9.17, 15) is 10.1 Å². The second kappa shape index (κ2) is 5.49. The van der Waals surface area contributed by atoms with Crippen molar-refractivity contribution in [1.82, 2.24) is 19.7 Å². The first-order chi connectivity index (χ1) is 10.1. The van der Waals surface area contributed by atoms with Gasteiger partial charge in [0.1, 0.15) is 18.3 Å². The molecule has 0 radical (unpaired) electrons. The summed E-state index contributed by atoms with van der Waals surface area (Å²) in [5, 5.41) is 18.8. The van der Waals surface area contributed by atoms with Crippen LogP contribution in [-0.4, -0.2) is 57.8 Å². The van der Waals surface area contributed by atoms with Crippen molar-refractivity contribution in [2.75, 3.05) is 38.1 Å². The summed E-state index contributed by atoms with van der Waals surface area (Å²) >= 11 is 0. The molecule has 0 spiro atoms. The van der Waals surface area contributed by atoms with Gasteiger partial charge in [-0.15, -0.1) is 10.2 Å². The second-order valence-electron chi connectivity index (χ2n) is 5.09. The molecule has 2 heterocycles. The average molecular weight is 288 g/mol. The molecule has 3 rings (SSSR count). The van der Waals surface area contributed by atoms with Gasteiger partial charge in [0.2, 0.25) is 0 Å². The third-order valence-corrected chi connectivity index (χ3v) is 3.72. The molecule has 0 bridgehead atoms. The summed E-state index contributed by atoms with van der Waals surface area (Å²) < 4.78 is 1.65. The zero-order valence-corrected chi connectivity index (χ0v) is 11.7. The van der Waals surface area contributed by atoms with E-state index >= 15 is 0 Å². The number of nitrogens with zero attached hydrogens (tertiary/aromatic N) is 6. The maximum atomic E-state index is 11.4. The van der Waals surface area contributed by atoms with Crippen molar-refractivity contribution < 1.29 is 4.92 Å². The predicted octanol–water partition coefficient (Wildman–Crippen LogP) is 0.927. The van der Waals surface area contributed by atoms with E-state index in [-0.39, 0.29) is 10.6 Å². The minimum absolute atomic E-state index is 0.116. The van der Waals surface area contributed by atoms with Crippen molar-refractivity contribution in [1.29, 1.82) is 0 Å². The highest BCUT2D eigenvalue weighted by molar-refractivity contribution is 5.66. The molecular formula is C13H16N6O2. The van der Waals surface area contributed by atoms with Gasteiger partial charge in [0.25, 0.3) is 5.69 Å². The van der Waals surface area contributed by atoms with Gasteiger partial charge in [-0.2, -0.15) is 0 Å². The molecule has 0 amide bonds. The lowest BCUT2D eigenvalue weighted by Gasteiger charge is -2.33. The molecule has 21 heavy (non-hydrogen) atoms. The first-order valence-corrected chi connectivity index (χ1v) is 6.72. The molecule has 110 valence electrons. The SMILES string of the molecule is CN1CCN(c2ccc(-n3cnnc3)cc2[N+](=O)[O-])CC1. The van der Waals surface area contributed by atoms with Crippen LogP contribution in [0.5, 0.6) is 0 Å². The molecule has 8 heteroatoms. The van der Waals surface area contributed by atoms with Gasteiger partial charge in [0, 0.05) is 32.2 Å². The molecule has 8 nitrogen and oxygen atoms in total. The molecule has 1 aromatic carbocycles. The Hall–Kier alpha value is -2.48. The van der Waals surface area contributed by atoms with Gasteiger partial charge in [-0.05, 0) is 19.2 Å². The molecule has 1 aliphatic rings. The monoisotopic (exact) mass is 288 g/mol. The van der Waals surface area contributed by atoms with E-state index in [1.165, 1.54) is 12.7 Å². The summed E-state index contributed by atoms with van der Waals surface area (Å²) in [5.41, 5.74) is 1.47. The molecule has 0 atom stereocenters. The van der Waals surface area contributed by atoms with Gasteiger partial charge in [-0.25, -0.2) is 0 Å². The summed E-state index contributed by atoms with van der Waals surface area (Å²) in [6, 6.07) is 5.22. The average Bonchev–Trinajstić information content (AvgIpc) is 3.02. The Bertz CT molecular complexity index is 634. The van der Waals surface area contributed by atoms with Crippen molar-refractivity contribution in [3.8, 4) is 5.69 Å². The Kier molecular flexibility index (Phi) is 3.53. The lowest BCUT2D eigenvalue weighted by Crippen LogP contribution is -2.44. The van der Waals surface area contributed by atoms with Gasteiger partial charge < -0.3 is 9.80 Å². The van der Waals surface area contributed by atoms with Crippen LogP contribution in [0.15, 0.2) is 30.9 Å². The molecule has 1 aliphatic heterocycles. The fourth-order valence-electron chi connectivity index (χ4n) is 2.47. The molecule has 1 aromatic heterocycles.